The van der Waals surface area contributed by atoms with Crippen molar-refractivity contribution in [3.63, 3.8) is 0 Å². The third kappa shape index (κ3) is 4.90. The molecule has 0 radical (unpaired) electrons. The molecule has 0 amide bonds. The molecule has 0 aromatic carbocycles. The molecule has 0 spiro atoms. The number of rotatable bonds is 5. The molecule has 2 nitrogen and oxygen atoms in total. The van der Waals surface area contributed by atoms with Crippen LogP contribution in [-0.4, -0.2) is 11.0 Å². The summed E-state index contributed by atoms with van der Waals surface area (Å²) in [6, 6.07) is 3.84. The van der Waals surface area contributed by atoms with E-state index in [1.807, 2.05) is 0 Å². The van der Waals surface area contributed by atoms with E-state index >= 15 is 0 Å². The fourth-order valence-electron chi connectivity index (χ4n) is 3.03. The van der Waals surface area contributed by atoms with Crippen LogP contribution in [0.2, 0.25) is 0 Å². The van der Waals surface area contributed by atoms with Crippen molar-refractivity contribution in [1.82, 2.24) is 10.3 Å². The largest absolute Gasteiger partial charge is 0.308 e. The zero-order valence-electron chi connectivity index (χ0n) is 12.0. The number of nitrogens with zero attached hydrogens (tertiary/aromatic N) is 1. The van der Waals surface area contributed by atoms with Gasteiger partial charge in [0.25, 0.3) is 0 Å². The van der Waals surface area contributed by atoms with E-state index in [0.29, 0.717) is 6.04 Å². The molecule has 0 aliphatic heterocycles. The second-order valence-electron chi connectivity index (χ2n) is 6.20. The smallest absolute Gasteiger partial charge is 0.141 e. The van der Waals surface area contributed by atoms with Crippen molar-refractivity contribution >= 4 is 0 Å². The Morgan fingerprint density at radius 1 is 1.26 bits per heavy atom. The molecule has 0 atom stereocenters. The van der Waals surface area contributed by atoms with E-state index in [9.17, 15) is 4.39 Å². The SMILES string of the molecule is CC(C)CC1CCC(NCc2ccc(F)cn2)CC1. The van der Waals surface area contributed by atoms with Gasteiger partial charge in [-0.25, -0.2) is 4.39 Å². The topological polar surface area (TPSA) is 24.9 Å². The van der Waals surface area contributed by atoms with Gasteiger partial charge in [0.05, 0.1) is 11.9 Å². The minimum Gasteiger partial charge on any atom is -0.308 e. The number of halogens is 1. The molecule has 1 fully saturated rings. The minimum atomic E-state index is -0.266. The van der Waals surface area contributed by atoms with Crippen molar-refractivity contribution in [3.05, 3.63) is 29.8 Å². The lowest BCUT2D eigenvalue weighted by molar-refractivity contribution is 0.258. The lowest BCUT2D eigenvalue weighted by Gasteiger charge is -2.30. The van der Waals surface area contributed by atoms with Crippen LogP contribution in [0.25, 0.3) is 0 Å². The van der Waals surface area contributed by atoms with Crippen LogP contribution in [0, 0.1) is 17.7 Å². The van der Waals surface area contributed by atoms with E-state index in [-0.39, 0.29) is 5.82 Å². The standard InChI is InChI=1S/C16H25FN2/c1-12(2)9-13-3-6-15(7-4-13)19-11-16-8-5-14(17)10-18-16/h5,8,10,12-13,15,19H,3-4,6-7,9,11H2,1-2H3. The Hall–Kier alpha value is -0.960. The van der Waals surface area contributed by atoms with Crippen LogP contribution in [0.1, 0.15) is 51.6 Å². The molecule has 1 aromatic heterocycles. The van der Waals surface area contributed by atoms with Gasteiger partial charge in [0, 0.05) is 12.6 Å². The highest BCUT2D eigenvalue weighted by Gasteiger charge is 2.21. The van der Waals surface area contributed by atoms with E-state index in [2.05, 4.69) is 24.1 Å². The third-order valence-electron chi connectivity index (χ3n) is 4.01. The molecule has 1 saturated carbocycles. The predicted octanol–water partition coefficient (Wildman–Crippen LogP) is 3.92. The highest BCUT2D eigenvalue weighted by Crippen LogP contribution is 2.29. The van der Waals surface area contributed by atoms with Crippen LogP contribution < -0.4 is 5.32 Å². The normalized spacial score (nSPS) is 23.8. The average Bonchev–Trinajstić information content (AvgIpc) is 2.39. The van der Waals surface area contributed by atoms with Crippen LogP contribution in [0.5, 0.6) is 0 Å². The summed E-state index contributed by atoms with van der Waals surface area (Å²) in [4.78, 5) is 4.08. The predicted molar refractivity (Wildman–Crippen MR) is 76.2 cm³/mol. The van der Waals surface area contributed by atoms with Crippen LogP contribution in [0.3, 0.4) is 0 Å². The van der Waals surface area contributed by atoms with Crippen molar-refractivity contribution in [2.24, 2.45) is 11.8 Å². The molecule has 0 saturated heterocycles. The zero-order valence-corrected chi connectivity index (χ0v) is 12.0. The zero-order chi connectivity index (χ0) is 13.7. The van der Waals surface area contributed by atoms with Crippen molar-refractivity contribution in [1.29, 1.82) is 0 Å². The molecular weight excluding hydrogens is 239 g/mol. The highest BCUT2D eigenvalue weighted by molar-refractivity contribution is 5.05. The summed E-state index contributed by atoms with van der Waals surface area (Å²) >= 11 is 0. The maximum Gasteiger partial charge on any atom is 0.141 e. The van der Waals surface area contributed by atoms with Crippen LogP contribution in [-0.2, 0) is 6.54 Å². The molecule has 19 heavy (non-hydrogen) atoms. The fourth-order valence-corrected chi connectivity index (χ4v) is 3.03. The van der Waals surface area contributed by atoms with Crippen molar-refractivity contribution in [2.75, 3.05) is 0 Å². The second kappa shape index (κ2) is 6.99. The van der Waals surface area contributed by atoms with Crippen LogP contribution >= 0.6 is 0 Å². The Morgan fingerprint density at radius 3 is 2.58 bits per heavy atom. The van der Waals surface area contributed by atoms with Crippen LogP contribution in [0.4, 0.5) is 4.39 Å². The molecule has 2 rings (SSSR count). The Kier molecular flexibility index (Phi) is 5.32. The van der Waals surface area contributed by atoms with E-state index < -0.39 is 0 Å². The quantitative estimate of drug-likeness (QED) is 0.872. The molecule has 0 unspecified atom stereocenters. The molecular formula is C16H25FN2. The molecule has 0 bridgehead atoms. The molecule has 1 heterocycles. The molecule has 106 valence electrons. The summed E-state index contributed by atoms with van der Waals surface area (Å²) in [6.45, 7) is 5.37. The second-order valence-corrected chi connectivity index (χ2v) is 6.20. The number of pyridine rings is 1. The molecule has 1 aromatic rings. The number of nitrogens with one attached hydrogen (secondary N) is 1. The Bertz CT molecular complexity index is 367. The molecule has 1 aliphatic carbocycles. The Morgan fingerprint density at radius 2 is 2.00 bits per heavy atom. The lowest BCUT2D eigenvalue weighted by atomic mass is 9.81. The van der Waals surface area contributed by atoms with Gasteiger partial charge in [0.2, 0.25) is 0 Å². The maximum atomic E-state index is 12.7. The number of hydrogen-bond acceptors (Lipinski definition) is 2. The lowest BCUT2D eigenvalue weighted by Crippen LogP contribution is -2.33. The van der Waals surface area contributed by atoms with Gasteiger partial charge in [-0.1, -0.05) is 13.8 Å². The van der Waals surface area contributed by atoms with Gasteiger partial charge in [-0.15, -0.1) is 0 Å². The summed E-state index contributed by atoms with van der Waals surface area (Å²) in [5.74, 6) is 1.47. The first kappa shape index (κ1) is 14.4. The van der Waals surface area contributed by atoms with Gasteiger partial charge < -0.3 is 5.32 Å². The summed E-state index contributed by atoms with van der Waals surface area (Å²) in [7, 11) is 0. The van der Waals surface area contributed by atoms with E-state index in [4.69, 9.17) is 0 Å². The van der Waals surface area contributed by atoms with Crippen molar-refractivity contribution < 1.29 is 4.39 Å². The minimum absolute atomic E-state index is 0.266. The monoisotopic (exact) mass is 264 g/mol. The summed E-state index contributed by atoms with van der Waals surface area (Å²) in [6.07, 6.45) is 7.86. The van der Waals surface area contributed by atoms with Gasteiger partial charge in [0.1, 0.15) is 5.82 Å². The van der Waals surface area contributed by atoms with Gasteiger partial charge in [-0.05, 0) is 56.1 Å². The molecule has 1 aliphatic rings. The van der Waals surface area contributed by atoms with Crippen molar-refractivity contribution in [2.45, 2.75) is 58.5 Å². The first-order chi connectivity index (χ1) is 9.13. The van der Waals surface area contributed by atoms with Crippen molar-refractivity contribution in [3.8, 4) is 0 Å². The van der Waals surface area contributed by atoms with Crippen LogP contribution in [0.15, 0.2) is 18.3 Å². The number of hydrogen-bond donors (Lipinski definition) is 1. The summed E-state index contributed by atoms with van der Waals surface area (Å²) in [5.41, 5.74) is 0.922. The van der Waals surface area contributed by atoms with Gasteiger partial charge in [0.15, 0.2) is 0 Å². The van der Waals surface area contributed by atoms with E-state index in [1.165, 1.54) is 44.4 Å². The maximum absolute atomic E-state index is 12.7. The summed E-state index contributed by atoms with van der Waals surface area (Å²) in [5, 5.41) is 3.55. The van der Waals surface area contributed by atoms with Gasteiger partial charge in [-0.2, -0.15) is 0 Å². The van der Waals surface area contributed by atoms with E-state index in [1.54, 1.807) is 6.07 Å². The first-order valence-corrected chi connectivity index (χ1v) is 7.47. The highest BCUT2D eigenvalue weighted by atomic mass is 19.1. The molecule has 3 heteroatoms. The Balaban J connectivity index is 1.69. The Labute approximate surface area is 115 Å². The molecule has 1 N–H and O–H groups in total. The van der Waals surface area contributed by atoms with E-state index in [0.717, 1.165) is 24.1 Å². The average molecular weight is 264 g/mol. The summed E-state index contributed by atoms with van der Waals surface area (Å²) < 4.78 is 12.7. The van der Waals surface area contributed by atoms with Gasteiger partial charge in [-0.3, -0.25) is 4.98 Å². The fraction of sp³-hybridized carbons (Fsp3) is 0.688. The first-order valence-electron chi connectivity index (χ1n) is 7.47. The third-order valence-corrected chi connectivity index (χ3v) is 4.01. The van der Waals surface area contributed by atoms with Gasteiger partial charge >= 0.3 is 0 Å². The number of aromatic nitrogens is 1.